The molecule has 0 aliphatic carbocycles. The summed E-state index contributed by atoms with van der Waals surface area (Å²) in [5.41, 5.74) is 0.617. The number of hydrogen-bond donors (Lipinski definition) is 3. The Kier molecular flexibility index (Phi) is 9.13. The fraction of sp³-hybridized carbons (Fsp3) is 0.548. The lowest BCUT2D eigenvalue weighted by Gasteiger charge is -2.47. The lowest BCUT2D eigenvalue weighted by molar-refractivity contribution is -0.140. The molecular weight excluding hydrogens is 551 g/mol. The average molecular weight is 592 g/mol. The molecule has 4 rings (SSSR count). The van der Waals surface area contributed by atoms with Crippen molar-refractivity contribution in [2.75, 3.05) is 33.4 Å². The van der Waals surface area contributed by atoms with Crippen LogP contribution in [0.15, 0.2) is 36.4 Å². The zero-order chi connectivity index (χ0) is 31.0. The molecule has 3 amide bonds. The van der Waals surface area contributed by atoms with E-state index >= 15 is 0 Å². The predicted molar refractivity (Wildman–Crippen MR) is 151 cm³/mol. The summed E-state index contributed by atoms with van der Waals surface area (Å²) < 4.78 is 41.0. The molecule has 2 aliphatic rings. The number of aryl methyl sites for hydroxylation is 2. The fourth-order valence-electron chi connectivity index (χ4n) is 6.64. The van der Waals surface area contributed by atoms with Crippen LogP contribution in [0.3, 0.4) is 0 Å². The minimum Gasteiger partial charge on any atom is -0.508 e. The molecule has 3 atom stereocenters. The predicted octanol–water partition coefficient (Wildman–Crippen LogP) is 4.80. The lowest BCUT2D eigenvalue weighted by atomic mass is 9.77. The van der Waals surface area contributed by atoms with E-state index in [2.05, 4.69) is 0 Å². The SMILES string of the molecule is CCc1cc([C@@H](C)N(C)C(=O)N2CCN3C(=O)C(CCO)(CCO)C[C@H]3[C@@H]2c2ccc(O)cc2C)cc(C(F)(F)F)c1. The third-order valence-corrected chi connectivity index (χ3v) is 9.11. The second kappa shape index (κ2) is 12.1. The zero-order valence-electron chi connectivity index (χ0n) is 24.5. The molecule has 11 heteroatoms. The Morgan fingerprint density at radius 1 is 1.12 bits per heavy atom. The number of urea groups is 1. The first-order valence-electron chi connectivity index (χ1n) is 14.3. The molecule has 42 heavy (non-hydrogen) atoms. The van der Waals surface area contributed by atoms with Crippen molar-refractivity contribution in [2.24, 2.45) is 5.41 Å². The summed E-state index contributed by atoms with van der Waals surface area (Å²) in [5.74, 6) is -0.108. The van der Waals surface area contributed by atoms with Crippen molar-refractivity contribution in [3.05, 3.63) is 64.2 Å². The number of amides is 3. The van der Waals surface area contributed by atoms with Crippen molar-refractivity contribution in [2.45, 2.75) is 70.8 Å². The summed E-state index contributed by atoms with van der Waals surface area (Å²) in [4.78, 5) is 32.7. The van der Waals surface area contributed by atoms with E-state index in [0.29, 0.717) is 24.0 Å². The topological polar surface area (TPSA) is 105 Å². The highest BCUT2D eigenvalue weighted by molar-refractivity contribution is 5.86. The Balaban J connectivity index is 1.74. The molecule has 8 nitrogen and oxygen atoms in total. The number of halogens is 3. The highest BCUT2D eigenvalue weighted by Gasteiger charge is 2.56. The van der Waals surface area contributed by atoms with Gasteiger partial charge < -0.3 is 30.0 Å². The molecule has 0 bridgehead atoms. The van der Waals surface area contributed by atoms with E-state index in [9.17, 15) is 38.1 Å². The standard InChI is InChI=1S/C31H40F3N3O5/c1-5-21-15-22(17-23(16-21)31(32,33)34)20(3)35(4)29(42)37-11-10-36-26(18-30(8-12-38,9-13-39)28(36)41)27(37)25-7-6-24(40)14-19(25)2/h6-7,14-17,20,26-27,38-40H,5,8-13,18H2,1-4H3/t20-,26+,27+/m1/s1. The van der Waals surface area contributed by atoms with Crippen LogP contribution in [-0.2, 0) is 17.4 Å². The van der Waals surface area contributed by atoms with Crippen LogP contribution < -0.4 is 0 Å². The number of phenolic OH excluding ortho intramolecular Hbond substituents is 1. The fourth-order valence-corrected chi connectivity index (χ4v) is 6.64. The molecule has 2 heterocycles. The monoisotopic (exact) mass is 591 g/mol. The number of alkyl halides is 3. The van der Waals surface area contributed by atoms with E-state index in [4.69, 9.17) is 0 Å². The Bertz CT molecular complexity index is 1310. The van der Waals surface area contributed by atoms with Gasteiger partial charge in [-0.2, -0.15) is 13.2 Å². The summed E-state index contributed by atoms with van der Waals surface area (Å²) in [6.45, 7) is 5.25. The summed E-state index contributed by atoms with van der Waals surface area (Å²) in [5, 5.41) is 29.7. The normalized spacial score (nSPS) is 20.9. The maximum absolute atomic E-state index is 14.2. The van der Waals surface area contributed by atoms with Gasteiger partial charge >= 0.3 is 12.2 Å². The second-order valence-corrected chi connectivity index (χ2v) is 11.6. The van der Waals surface area contributed by atoms with Gasteiger partial charge in [-0.1, -0.05) is 19.1 Å². The Labute approximate surface area is 244 Å². The highest BCUT2D eigenvalue weighted by Crippen LogP contribution is 2.49. The van der Waals surface area contributed by atoms with Crippen LogP contribution in [0, 0.1) is 12.3 Å². The third kappa shape index (κ3) is 5.81. The smallest absolute Gasteiger partial charge is 0.416 e. The van der Waals surface area contributed by atoms with Gasteiger partial charge in [-0.25, -0.2) is 4.79 Å². The van der Waals surface area contributed by atoms with Crippen LogP contribution in [0.1, 0.15) is 73.0 Å². The summed E-state index contributed by atoms with van der Waals surface area (Å²) in [6.07, 6.45) is -3.44. The number of carbonyl (C=O) groups is 2. The van der Waals surface area contributed by atoms with Crippen molar-refractivity contribution < 1.29 is 38.1 Å². The molecule has 0 saturated carbocycles. The van der Waals surface area contributed by atoms with E-state index in [1.807, 2.05) is 6.92 Å². The van der Waals surface area contributed by atoms with Gasteiger partial charge in [0.05, 0.1) is 29.1 Å². The molecule has 2 saturated heterocycles. The molecule has 0 radical (unpaired) electrons. The number of nitrogens with zero attached hydrogens (tertiary/aromatic N) is 3. The van der Waals surface area contributed by atoms with Crippen molar-refractivity contribution in [1.29, 1.82) is 0 Å². The molecule has 230 valence electrons. The van der Waals surface area contributed by atoms with Crippen LogP contribution in [0.5, 0.6) is 5.75 Å². The maximum atomic E-state index is 14.2. The average Bonchev–Trinajstić information content (AvgIpc) is 3.22. The van der Waals surface area contributed by atoms with Gasteiger partial charge in [0.2, 0.25) is 5.91 Å². The first-order chi connectivity index (χ1) is 19.8. The van der Waals surface area contributed by atoms with Gasteiger partial charge in [-0.3, -0.25) is 4.79 Å². The van der Waals surface area contributed by atoms with E-state index in [-0.39, 0.29) is 50.8 Å². The summed E-state index contributed by atoms with van der Waals surface area (Å²) in [7, 11) is 1.56. The molecule has 2 fully saturated rings. The quantitative estimate of drug-likeness (QED) is 0.409. The molecule has 0 aromatic heterocycles. The number of phenols is 1. The van der Waals surface area contributed by atoms with Gasteiger partial charge in [0.1, 0.15) is 5.75 Å². The minimum absolute atomic E-state index is 0.0567. The molecule has 2 aromatic rings. The number of benzene rings is 2. The van der Waals surface area contributed by atoms with Crippen LogP contribution in [0.25, 0.3) is 0 Å². The van der Waals surface area contributed by atoms with Crippen molar-refractivity contribution >= 4 is 11.9 Å². The summed E-state index contributed by atoms with van der Waals surface area (Å²) in [6, 6.07) is 6.59. The third-order valence-electron chi connectivity index (χ3n) is 9.11. The number of fused-ring (bicyclic) bond motifs is 1. The minimum atomic E-state index is -4.52. The van der Waals surface area contributed by atoms with Crippen LogP contribution in [0.2, 0.25) is 0 Å². The van der Waals surface area contributed by atoms with Gasteiger partial charge in [-0.15, -0.1) is 0 Å². The number of carbonyl (C=O) groups excluding carboxylic acids is 2. The van der Waals surface area contributed by atoms with Gasteiger partial charge in [0.25, 0.3) is 0 Å². The highest BCUT2D eigenvalue weighted by atomic mass is 19.4. The first kappa shape index (κ1) is 31.6. The number of aromatic hydroxyl groups is 1. The first-order valence-corrected chi connectivity index (χ1v) is 14.3. The Hall–Kier alpha value is -3.31. The molecule has 0 spiro atoms. The van der Waals surface area contributed by atoms with E-state index < -0.39 is 41.3 Å². The van der Waals surface area contributed by atoms with E-state index in [0.717, 1.165) is 23.3 Å². The Morgan fingerprint density at radius 3 is 2.36 bits per heavy atom. The van der Waals surface area contributed by atoms with Crippen LogP contribution >= 0.6 is 0 Å². The van der Waals surface area contributed by atoms with Crippen LogP contribution in [-0.4, -0.2) is 81.4 Å². The maximum Gasteiger partial charge on any atom is 0.416 e. The van der Waals surface area contributed by atoms with Crippen LogP contribution in [0.4, 0.5) is 18.0 Å². The van der Waals surface area contributed by atoms with E-state index in [1.54, 1.807) is 48.9 Å². The van der Waals surface area contributed by atoms with Crippen molar-refractivity contribution in [3.63, 3.8) is 0 Å². The van der Waals surface area contributed by atoms with Crippen molar-refractivity contribution in [1.82, 2.24) is 14.7 Å². The number of aliphatic hydroxyl groups excluding tert-OH is 2. The van der Waals surface area contributed by atoms with Gasteiger partial charge in [0.15, 0.2) is 0 Å². The number of aliphatic hydroxyl groups is 2. The zero-order valence-corrected chi connectivity index (χ0v) is 24.5. The molecule has 0 unspecified atom stereocenters. The number of piperazine rings is 1. The number of rotatable bonds is 8. The van der Waals surface area contributed by atoms with E-state index in [1.165, 1.54) is 11.0 Å². The molecular formula is C31H40F3N3O5. The van der Waals surface area contributed by atoms with Gasteiger partial charge in [-0.05, 0) is 86.1 Å². The van der Waals surface area contributed by atoms with Gasteiger partial charge in [0, 0.05) is 33.4 Å². The largest absolute Gasteiger partial charge is 0.508 e. The second-order valence-electron chi connectivity index (χ2n) is 11.6. The number of hydrogen-bond acceptors (Lipinski definition) is 5. The Morgan fingerprint density at radius 2 is 1.79 bits per heavy atom. The lowest BCUT2D eigenvalue weighted by Crippen LogP contribution is -2.57. The summed E-state index contributed by atoms with van der Waals surface area (Å²) >= 11 is 0. The molecule has 2 aliphatic heterocycles. The van der Waals surface area contributed by atoms with Crippen molar-refractivity contribution in [3.8, 4) is 5.75 Å². The molecule has 2 aromatic carbocycles. The molecule has 3 N–H and O–H groups in total.